The molecule has 20 unspecified atom stereocenters. The van der Waals surface area contributed by atoms with Gasteiger partial charge in [0.05, 0.1) is 24.4 Å². The lowest BCUT2D eigenvalue weighted by atomic mass is 9.41. The van der Waals surface area contributed by atoms with Crippen molar-refractivity contribution in [3.8, 4) is 0 Å². The molecule has 4 heteroatoms. The van der Waals surface area contributed by atoms with Crippen LogP contribution in [0.3, 0.4) is 0 Å². The maximum Gasteiger partial charge on any atom is 0.139 e. The molecule has 2 saturated heterocycles. The fourth-order valence-electron chi connectivity index (χ4n) is 16.7. The second-order valence-corrected chi connectivity index (χ2v) is 18.7. The molecule has 44 heavy (non-hydrogen) atoms. The molecule has 11 fully saturated rings. The largest absolute Gasteiger partial charge is 0.374 e. The minimum Gasteiger partial charge on any atom is -0.374 e. The molecule has 0 aromatic rings. The number of ether oxygens (including phenoxy) is 2. The van der Waals surface area contributed by atoms with Crippen LogP contribution in [0.5, 0.6) is 0 Å². The standard InChI is InChI=1S/C40H56O4/c41-39-21-9-3-1-7-19(21)25-15-29-33(17-27(25)39)43-31-13-6-12-24-36-30-16-26-20-8-2-4-10-22(20)40(42)28(26)18-34(30)44-32-14-5-11-23(38(32)36)35(29)37(24)31/h19-38H,1-18H2. The summed E-state index contributed by atoms with van der Waals surface area (Å²) in [7, 11) is 0. The SMILES string of the molecule is O=C1C2CCCCC2C2CC3C(CC12)OC1CCCC2C1C3C1CCCC3OC4CC5C(=O)C6CCCCC6C5CC4C2C31. The fraction of sp³-hybridized carbons (Fsp3) is 0.950. The van der Waals surface area contributed by atoms with Gasteiger partial charge in [0.1, 0.15) is 11.6 Å². The summed E-state index contributed by atoms with van der Waals surface area (Å²) in [5, 5.41) is 0. The zero-order valence-electron chi connectivity index (χ0n) is 26.9. The lowest BCUT2D eigenvalue weighted by Crippen LogP contribution is -2.68. The molecule has 0 aromatic carbocycles. The number of ketones is 2. The van der Waals surface area contributed by atoms with Crippen molar-refractivity contribution in [2.45, 2.75) is 140 Å². The normalized spacial score (nSPS) is 61.7. The average molecular weight is 601 g/mol. The van der Waals surface area contributed by atoms with Gasteiger partial charge in [-0.1, -0.05) is 38.5 Å². The first kappa shape index (κ1) is 27.2. The van der Waals surface area contributed by atoms with E-state index in [9.17, 15) is 9.59 Å². The maximum absolute atomic E-state index is 13.7. The van der Waals surface area contributed by atoms with Crippen LogP contribution in [-0.2, 0) is 19.1 Å². The minimum absolute atomic E-state index is 0.308. The topological polar surface area (TPSA) is 52.6 Å². The second kappa shape index (κ2) is 9.90. The van der Waals surface area contributed by atoms with Crippen LogP contribution in [0.2, 0.25) is 0 Å². The molecule has 4 nitrogen and oxygen atoms in total. The Morgan fingerprint density at radius 3 is 1.25 bits per heavy atom. The van der Waals surface area contributed by atoms with Gasteiger partial charge in [-0.2, -0.15) is 0 Å². The minimum atomic E-state index is 0.308. The van der Waals surface area contributed by atoms with Gasteiger partial charge in [0.2, 0.25) is 0 Å². The molecule has 240 valence electrons. The molecule has 9 saturated carbocycles. The van der Waals surface area contributed by atoms with Crippen LogP contribution in [0, 0.1) is 94.7 Å². The van der Waals surface area contributed by atoms with E-state index in [1.807, 2.05) is 0 Å². The van der Waals surface area contributed by atoms with Crippen molar-refractivity contribution in [1.29, 1.82) is 0 Å². The molecule has 0 spiro atoms. The van der Waals surface area contributed by atoms with E-state index in [2.05, 4.69) is 0 Å². The van der Waals surface area contributed by atoms with Gasteiger partial charge in [-0.25, -0.2) is 0 Å². The second-order valence-electron chi connectivity index (χ2n) is 18.7. The first-order valence-corrected chi connectivity index (χ1v) is 20.0. The maximum atomic E-state index is 13.7. The summed E-state index contributed by atoms with van der Waals surface area (Å²) in [6.07, 6.45) is 24.5. The third-order valence-electron chi connectivity index (χ3n) is 17.7. The average Bonchev–Trinajstić information content (AvgIpc) is 3.50. The first-order valence-electron chi connectivity index (χ1n) is 20.0. The smallest absolute Gasteiger partial charge is 0.139 e. The zero-order chi connectivity index (χ0) is 28.8. The van der Waals surface area contributed by atoms with Crippen LogP contribution < -0.4 is 0 Å². The molecule has 0 N–H and O–H groups in total. The van der Waals surface area contributed by atoms with E-state index in [0.29, 0.717) is 95.2 Å². The number of hydrogen-bond donors (Lipinski definition) is 0. The van der Waals surface area contributed by atoms with Gasteiger partial charge in [-0.05, 0) is 148 Å². The highest BCUT2D eigenvalue weighted by atomic mass is 16.5. The number of rotatable bonds is 0. The molecule has 0 aromatic heterocycles. The number of hydrogen-bond acceptors (Lipinski definition) is 4. The molecule has 9 aliphatic carbocycles. The Balaban J connectivity index is 0.951. The Labute approximate surface area is 264 Å². The van der Waals surface area contributed by atoms with Gasteiger partial charge in [0.25, 0.3) is 0 Å². The fourth-order valence-corrected chi connectivity index (χ4v) is 16.7. The van der Waals surface area contributed by atoms with Crippen molar-refractivity contribution in [3.63, 3.8) is 0 Å². The van der Waals surface area contributed by atoms with Gasteiger partial charge in [-0.15, -0.1) is 0 Å². The van der Waals surface area contributed by atoms with Crippen molar-refractivity contribution in [2.75, 3.05) is 0 Å². The highest BCUT2D eigenvalue weighted by molar-refractivity contribution is 5.87. The van der Waals surface area contributed by atoms with E-state index >= 15 is 0 Å². The molecule has 0 radical (unpaired) electrons. The quantitative estimate of drug-likeness (QED) is 0.286. The molecule has 0 bridgehead atoms. The summed E-state index contributed by atoms with van der Waals surface area (Å²) in [6, 6.07) is 0. The highest BCUT2D eigenvalue weighted by Crippen LogP contribution is 2.69. The van der Waals surface area contributed by atoms with Crippen molar-refractivity contribution in [2.24, 2.45) is 94.7 Å². The van der Waals surface area contributed by atoms with E-state index < -0.39 is 0 Å². The highest BCUT2D eigenvalue weighted by Gasteiger charge is 2.68. The van der Waals surface area contributed by atoms with Crippen molar-refractivity contribution >= 4 is 11.6 Å². The van der Waals surface area contributed by atoms with E-state index in [1.165, 1.54) is 103 Å². The van der Waals surface area contributed by atoms with Crippen LogP contribution in [0.15, 0.2) is 0 Å². The van der Waals surface area contributed by atoms with Crippen LogP contribution in [0.25, 0.3) is 0 Å². The lowest BCUT2D eigenvalue weighted by molar-refractivity contribution is -0.290. The number of carbonyl (C=O) groups excluding carboxylic acids is 2. The monoisotopic (exact) mass is 600 g/mol. The lowest BCUT2D eigenvalue weighted by Gasteiger charge is -2.68. The third-order valence-corrected chi connectivity index (χ3v) is 17.7. The molecule has 11 rings (SSSR count). The molecule has 0 amide bonds. The summed E-state index contributed by atoms with van der Waals surface area (Å²) in [6.45, 7) is 0. The Bertz CT molecular complexity index is 1120. The summed E-state index contributed by atoms with van der Waals surface area (Å²) >= 11 is 0. The van der Waals surface area contributed by atoms with Crippen molar-refractivity contribution in [1.82, 2.24) is 0 Å². The predicted molar refractivity (Wildman–Crippen MR) is 166 cm³/mol. The molecule has 2 aliphatic heterocycles. The molecular weight excluding hydrogens is 544 g/mol. The van der Waals surface area contributed by atoms with E-state index in [1.54, 1.807) is 0 Å². The summed E-state index contributed by atoms with van der Waals surface area (Å²) in [5.74, 6) is 11.4. The van der Waals surface area contributed by atoms with E-state index in [4.69, 9.17) is 9.47 Å². The first-order chi connectivity index (χ1) is 21.7. The number of fused-ring (bicyclic) bond motifs is 12. The summed E-state index contributed by atoms with van der Waals surface area (Å²) in [5.41, 5.74) is 0. The zero-order valence-corrected chi connectivity index (χ0v) is 26.9. The Morgan fingerprint density at radius 2 is 0.773 bits per heavy atom. The summed E-state index contributed by atoms with van der Waals surface area (Å²) < 4.78 is 14.6. The van der Waals surface area contributed by atoms with Crippen LogP contribution in [-0.4, -0.2) is 36.0 Å². The Morgan fingerprint density at radius 1 is 0.341 bits per heavy atom. The summed E-state index contributed by atoms with van der Waals surface area (Å²) in [4.78, 5) is 27.5. The number of carbonyl (C=O) groups is 2. The Hall–Kier alpha value is -0.740. The Kier molecular flexibility index (Phi) is 6.13. The molecule has 2 heterocycles. The van der Waals surface area contributed by atoms with E-state index in [-0.39, 0.29) is 0 Å². The molecule has 20 atom stereocenters. The van der Waals surface area contributed by atoms with Crippen LogP contribution in [0.1, 0.15) is 116 Å². The van der Waals surface area contributed by atoms with Gasteiger partial charge in [0.15, 0.2) is 0 Å². The van der Waals surface area contributed by atoms with Crippen molar-refractivity contribution < 1.29 is 19.1 Å². The number of Topliss-reactive ketones (excluding diaryl/α,β-unsaturated/α-hetero) is 2. The van der Waals surface area contributed by atoms with Crippen molar-refractivity contribution in [3.05, 3.63) is 0 Å². The van der Waals surface area contributed by atoms with Crippen LogP contribution >= 0.6 is 0 Å². The van der Waals surface area contributed by atoms with Gasteiger partial charge >= 0.3 is 0 Å². The molecule has 11 aliphatic rings. The predicted octanol–water partition coefficient (Wildman–Crippen LogP) is 7.66. The van der Waals surface area contributed by atoms with Gasteiger partial charge < -0.3 is 9.47 Å². The van der Waals surface area contributed by atoms with Crippen LogP contribution in [0.4, 0.5) is 0 Å². The molecular formula is C40H56O4. The van der Waals surface area contributed by atoms with E-state index in [0.717, 1.165) is 48.3 Å². The van der Waals surface area contributed by atoms with Gasteiger partial charge in [-0.3, -0.25) is 9.59 Å². The van der Waals surface area contributed by atoms with Gasteiger partial charge in [0, 0.05) is 23.7 Å². The third kappa shape index (κ3) is 3.55.